The molecule has 0 atom stereocenters. The van der Waals surface area contributed by atoms with E-state index in [2.05, 4.69) is 4.98 Å². The number of rotatable bonds is 6. The Balaban J connectivity index is 1.70. The molecule has 3 aromatic carbocycles. The number of benzene rings is 3. The number of carbonyl (C=O) groups is 1. The van der Waals surface area contributed by atoms with Crippen LogP contribution in [0.1, 0.15) is 29.8 Å². The Morgan fingerprint density at radius 1 is 1.03 bits per heavy atom. The van der Waals surface area contributed by atoms with Gasteiger partial charge in [-0.15, -0.1) is 0 Å². The second kappa shape index (κ2) is 8.63. The topological polar surface area (TPSA) is 42.4 Å². The van der Waals surface area contributed by atoms with Crippen molar-refractivity contribution in [2.45, 2.75) is 26.5 Å². The van der Waals surface area contributed by atoms with Crippen molar-refractivity contribution in [3.8, 4) is 5.75 Å². The van der Waals surface area contributed by atoms with Gasteiger partial charge in [0.15, 0.2) is 5.13 Å². The van der Waals surface area contributed by atoms with Crippen molar-refractivity contribution < 1.29 is 13.9 Å². The Morgan fingerprint density at radius 2 is 1.77 bits per heavy atom. The fraction of sp³-hybridized carbons (Fsp3) is 0.167. The van der Waals surface area contributed by atoms with Crippen molar-refractivity contribution in [2.24, 2.45) is 0 Å². The number of halogens is 1. The SMILES string of the molecule is CC(C)Oc1ccc(C(=O)N(Cc2ccccc2)c2nc3c(F)cccc3s2)cc1. The molecule has 152 valence electrons. The summed E-state index contributed by atoms with van der Waals surface area (Å²) in [5.74, 6) is 0.116. The average molecular weight is 421 g/mol. The number of anilines is 1. The normalized spacial score (nSPS) is 11.1. The highest BCUT2D eigenvalue weighted by atomic mass is 32.1. The molecule has 0 aliphatic carbocycles. The number of para-hydroxylation sites is 1. The van der Waals surface area contributed by atoms with Crippen LogP contribution < -0.4 is 9.64 Å². The van der Waals surface area contributed by atoms with E-state index in [-0.39, 0.29) is 17.5 Å². The number of hydrogen-bond donors (Lipinski definition) is 0. The van der Waals surface area contributed by atoms with Crippen molar-refractivity contribution in [1.82, 2.24) is 4.98 Å². The van der Waals surface area contributed by atoms with Crippen molar-refractivity contribution in [1.29, 1.82) is 0 Å². The molecule has 1 amide bonds. The van der Waals surface area contributed by atoms with Gasteiger partial charge in [0.1, 0.15) is 17.1 Å². The highest BCUT2D eigenvalue weighted by Gasteiger charge is 2.22. The van der Waals surface area contributed by atoms with E-state index in [4.69, 9.17) is 4.74 Å². The van der Waals surface area contributed by atoms with Gasteiger partial charge >= 0.3 is 0 Å². The van der Waals surface area contributed by atoms with Crippen LogP contribution in [0.5, 0.6) is 5.75 Å². The number of thiazole rings is 1. The van der Waals surface area contributed by atoms with Crippen molar-refractivity contribution in [3.63, 3.8) is 0 Å². The number of ether oxygens (including phenoxy) is 1. The van der Waals surface area contributed by atoms with Gasteiger partial charge in [0.05, 0.1) is 17.3 Å². The highest BCUT2D eigenvalue weighted by molar-refractivity contribution is 7.22. The van der Waals surface area contributed by atoms with Crippen LogP contribution >= 0.6 is 11.3 Å². The summed E-state index contributed by atoms with van der Waals surface area (Å²) < 4.78 is 20.6. The molecule has 4 rings (SSSR count). The smallest absolute Gasteiger partial charge is 0.260 e. The van der Waals surface area contributed by atoms with Crippen LogP contribution in [0.3, 0.4) is 0 Å². The van der Waals surface area contributed by atoms with E-state index in [0.717, 1.165) is 5.56 Å². The quantitative estimate of drug-likeness (QED) is 0.380. The first-order valence-electron chi connectivity index (χ1n) is 9.69. The lowest BCUT2D eigenvalue weighted by Gasteiger charge is -2.20. The molecule has 0 spiro atoms. The third-order valence-electron chi connectivity index (χ3n) is 4.49. The number of amides is 1. The van der Waals surface area contributed by atoms with Crippen LogP contribution in [0.25, 0.3) is 10.2 Å². The predicted molar refractivity (Wildman–Crippen MR) is 119 cm³/mol. The van der Waals surface area contributed by atoms with Crippen molar-refractivity contribution >= 4 is 32.6 Å². The van der Waals surface area contributed by atoms with Gasteiger partial charge in [0.2, 0.25) is 0 Å². The molecule has 4 aromatic rings. The molecule has 0 unspecified atom stereocenters. The molecule has 0 saturated heterocycles. The Labute approximate surface area is 178 Å². The summed E-state index contributed by atoms with van der Waals surface area (Å²) in [5, 5.41) is 0.464. The summed E-state index contributed by atoms with van der Waals surface area (Å²) in [7, 11) is 0. The summed E-state index contributed by atoms with van der Waals surface area (Å²) in [4.78, 5) is 19.4. The Morgan fingerprint density at radius 3 is 2.43 bits per heavy atom. The molecular weight excluding hydrogens is 399 g/mol. The second-order valence-corrected chi connectivity index (χ2v) is 8.16. The largest absolute Gasteiger partial charge is 0.491 e. The maximum absolute atomic E-state index is 14.2. The minimum atomic E-state index is -0.391. The first-order chi connectivity index (χ1) is 14.5. The zero-order chi connectivity index (χ0) is 21.1. The summed E-state index contributed by atoms with van der Waals surface area (Å²) in [5.41, 5.74) is 1.76. The lowest BCUT2D eigenvalue weighted by atomic mass is 10.1. The maximum atomic E-state index is 14.2. The van der Waals surface area contributed by atoms with Gasteiger partial charge < -0.3 is 4.74 Å². The van der Waals surface area contributed by atoms with Crippen LogP contribution in [-0.2, 0) is 6.54 Å². The van der Waals surface area contributed by atoms with E-state index in [1.807, 2.05) is 50.2 Å². The predicted octanol–water partition coefficient (Wildman–Crippen LogP) is 6.07. The number of fused-ring (bicyclic) bond motifs is 1. The molecule has 0 aliphatic rings. The van der Waals surface area contributed by atoms with E-state index in [0.29, 0.717) is 27.7 Å². The molecule has 0 radical (unpaired) electrons. The van der Waals surface area contributed by atoms with E-state index in [9.17, 15) is 9.18 Å². The van der Waals surface area contributed by atoms with Gasteiger partial charge in [-0.1, -0.05) is 47.7 Å². The molecule has 1 aromatic heterocycles. The molecular formula is C24H21FN2O2S. The number of nitrogens with zero attached hydrogens (tertiary/aromatic N) is 2. The fourth-order valence-electron chi connectivity index (χ4n) is 3.12. The molecule has 6 heteroatoms. The number of carbonyl (C=O) groups excluding carboxylic acids is 1. The van der Waals surface area contributed by atoms with E-state index < -0.39 is 5.82 Å². The molecule has 30 heavy (non-hydrogen) atoms. The molecule has 0 bridgehead atoms. The molecule has 1 heterocycles. The van der Waals surface area contributed by atoms with Crippen LogP contribution in [0, 0.1) is 5.82 Å². The second-order valence-electron chi connectivity index (χ2n) is 7.15. The zero-order valence-corrected chi connectivity index (χ0v) is 17.5. The molecule has 0 fully saturated rings. The zero-order valence-electron chi connectivity index (χ0n) is 16.7. The van der Waals surface area contributed by atoms with E-state index in [1.165, 1.54) is 17.4 Å². The van der Waals surface area contributed by atoms with Crippen LogP contribution in [0.4, 0.5) is 9.52 Å². The maximum Gasteiger partial charge on any atom is 0.260 e. The van der Waals surface area contributed by atoms with Gasteiger partial charge in [-0.05, 0) is 55.8 Å². The van der Waals surface area contributed by atoms with Crippen molar-refractivity contribution in [3.05, 3.63) is 89.7 Å². The van der Waals surface area contributed by atoms with E-state index in [1.54, 1.807) is 35.2 Å². The lowest BCUT2D eigenvalue weighted by Crippen LogP contribution is -2.30. The van der Waals surface area contributed by atoms with Gasteiger partial charge in [0.25, 0.3) is 5.91 Å². The minimum absolute atomic E-state index is 0.0544. The van der Waals surface area contributed by atoms with Crippen LogP contribution in [0.15, 0.2) is 72.8 Å². The van der Waals surface area contributed by atoms with Crippen molar-refractivity contribution in [2.75, 3.05) is 4.90 Å². The standard InChI is InChI=1S/C24H21FN2O2S/c1-16(2)29-19-13-11-18(12-14-19)23(28)27(15-17-7-4-3-5-8-17)24-26-22-20(25)9-6-10-21(22)30-24/h3-14,16H,15H2,1-2H3. The molecule has 0 N–H and O–H groups in total. The Bertz CT molecular complexity index is 1160. The summed E-state index contributed by atoms with van der Waals surface area (Å²) in [6.45, 7) is 4.24. The minimum Gasteiger partial charge on any atom is -0.491 e. The summed E-state index contributed by atoms with van der Waals surface area (Å²) >= 11 is 1.30. The monoisotopic (exact) mass is 420 g/mol. The first kappa shape index (κ1) is 20.0. The molecule has 0 saturated carbocycles. The summed E-state index contributed by atoms with van der Waals surface area (Å²) in [6, 6.07) is 21.6. The molecule has 0 aliphatic heterocycles. The van der Waals surface area contributed by atoms with Gasteiger partial charge in [0, 0.05) is 5.56 Å². The fourth-order valence-corrected chi connectivity index (χ4v) is 4.09. The third-order valence-corrected chi connectivity index (χ3v) is 5.53. The highest BCUT2D eigenvalue weighted by Crippen LogP contribution is 2.32. The van der Waals surface area contributed by atoms with Crippen LogP contribution in [0.2, 0.25) is 0 Å². The van der Waals surface area contributed by atoms with Gasteiger partial charge in [-0.2, -0.15) is 0 Å². The summed E-state index contributed by atoms with van der Waals surface area (Å²) in [6.07, 6.45) is 0.0544. The third kappa shape index (κ3) is 4.33. The first-order valence-corrected chi connectivity index (χ1v) is 10.5. The van der Waals surface area contributed by atoms with Gasteiger partial charge in [-0.25, -0.2) is 9.37 Å². The lowest BCUT2D eigenvalue weighted by molar-refractivity contribution is 0.0985. The Kier molecular flexibility index (Phi) is 5.77. The number of aromatic nitrogens is 1. The van der Waals surface area contributed by atoms with Crippen LogP contribution in [-0.4, -0.2) is 17.0 Å². The molecule has 4 nitrogen and oxygen atoms in total. The van der Waals surface area contributed by atoms with E-state index >= 15 is 0 Å². The van der Waals surface area contributed by atoms with Gasteiger partial charge in [-0.3, -0.25) is 9.69 Å². The number of hydrogen-bond acceptors (Lipinski definition) is 4. The average Bonchev–Trinajstić information content (AvgIpc) is 3.18. The Hall–Kier alpha value is -3.25.